The summed E-state index contributed by atoms with van der Waals surface area (Å²) in [6, 6.07) is 0. The predicted molar refractivity (Wildman–Crippen MR) is 120 cm³/mol. The second-order valence-electron chi connectivity index (χ2n) is 8.21. The van der Waals surface area contributed by atoms with E-state index in [4.69, 9.17) is 0 Å². The molecular weight excluding hydrogens is 312 g/mol. The lowest BCUT2D eigenvalue weighted by Gasteiger charge is -2.07. The Kier molecular flexibility index (Phi) is 22.2. The third kappa shape index (κ3) is 21.6. The van der Waals surface area contributed by atoms with E-state index in [0.29, 0.717) is 0 Å². The van der Waals surface area contributed by atoms with E-state index in [9.17, 15) is 0 Å². The molecule has 0 heteroatoms. The van der Waals surface area contributed by atoms with Crippen molar-refractivity contribution in [3.63, 3.8) is 0 Å². The van der Waals surface area contributed by atoms with Crippen LogP contribution >= 0.6 is 0 Å². The monoisotopic (exact) mass is 360 g/mol. The highest BCUT2D eigenvalue weighted by atomic mass is 14.1. The van der Waals surface area contributed by atoms with Gasteiger partial charge in [-0.3, -0.25) is 0 Å². The summed E-state index contributed by atoms with van der Waals surface area (Å²) in [5, 5.41) is 0. The first kappa shape index (κ1) is 25.6. The van der Waals surface area contributed by atoms with Crippen LogP contribution in [0.4, 0.5) is 0 Å². The Hall–Kier alpha value is -0.440. The molecule has 0 aromatic rings. The smallest absolute Gasteiger partial charge is 0.0114 e. The lowest BCUT2D eigenvalue weighted by molar-refractivity contribution is 0.486. The predicted octanol–water partition coefficient (Wildman–Crippen LogP) is 9.10. The Balaban J connectivity index is 3.23. The Labute approximate surface area is 167 Å². The van der Waals surface area contributed by atoms with Gasteiger partial charge in [0, 0.05) is 12.8 Å². The van der Waals surface area contributed by atoms with Gasteiger partial charge in [-0.15, -0.1) is 11.8 Å². The first-order valence-electron chi connectivity index (χ1n) is 11.9. The molecule has 0 nitrogen and oxygen atoms in total. The maximum atomic E-state index is 3.90. The topological polar surface area (TPSA) is 0 Å². The Morgan fingerprint density at radius 1 is 0.538 bits per heavy atom. The van der Waals surface area contributed by atoms with E-state index >= 15 is 0 Å². The quantitative estimate of drug-likeness (QED) is 0.159. The second-order valence-corrected chi connectivity index (χ2v) is 8.21. The fraction of sp³-hybridized carbons (Fsp3) is 0.846. The van der Waals surface area contributed by atoms with Gasteiger partial charge in [0.2, 0.25) is 0 Å². The Morgan fingerprint density at radius 3 is 1.46 bits per heavy atom. The summed E-state index contributed by atoms with van der Waals surface area (Å²) in [6.45, 7) is 10.2. The van der Waals surface area contributed by atoms with Crippen LogP contribution in [0.3, 0.4) is 0 Å². The second kappa shape index (κ2) is 22.6. The maximum absolute atomic E-state index is 3.90. The van der Waals surface area contributed by atoms with Crippen molar-refractivity contribution in [2.45, 2.75) is 135 Å². The summed E-state index contributed by atoms with van der Waals surface area (Å²) in [5.74, 6) is 7.56. The average Bonchev–Trinajstić information content (AvgIpc) is 2.65. The molecule has 0 saturated carbocycles. The van der Waals surface area contributed by atoms with Crippen molar-refractivity contribution < 1.29 is 0 Å². The van der Waals surface area contributed by atoms with E-state index in [-0.39, 0.29) is 0 Å². The summed E-state index contributed by atoms with van der Waals surface area (Å²) in [6.07, 6.45) is 26.6. The lowest BCUT2D eigenvalue weighted by Crippen LogP contribution is -1.93. The van der Waals surface area contributed by atoms with Crippen molar-refractivity contribution in [3.8, 4) is 11.8 Å². The standard InChI is InChI=1S/C26H48/c1-4-6-8-10-12-14-15-16-17-19-21-23-25-26(3)24-22-20-18-13-11-9-7-5-2/h26H,1-2,4-19,21,23-25H2,3H3. The summed E-state index contributed by atoms with van der Waals surface area (Å²) >= 11 is 0. The fourth-order valence-corrected chi connectivity index (χ4v) is 3.44. The van der Waals surface area contributed by atoms with Crippen LogP contribution in [0.1, 0.15) is 135 Å². The molecule has 152 valence electrons. The lowest BCUT2D eigenvalue weighted by atomic mass is 9.99. The molecule has 0 N–H and O–H groups in total. The molecule has 0 spiro atoms. The molecule has 0 heterocycles. The van der Waals surface area contributed by atoms with Gasteiger partial charge in [-0.05, 0) is 18.8 Å². The van der Waals surface area contributed by atoms with Gasteiger partial charge in [-0.25, -0.2) is 0 Å². The number of hydrogen-bond acceptors (Lipinski definition) is 0. The molecule has 0 rings (SSSR count). The molecule has 0 saturated heterocycles. The van der Waals surface area contributed by atoms with Gasteiger partial charge in [-0.1, -0.05) is 124 Å². The molecule has 0 amide bonds. The summed E-state index contributed by atoms with van der Waals surface area (Å²) < 4.78 is 0. The molecule has 2 radical (unpaired) electrons. The van der Waals surface area contributed by atoms with Crippen LogP contribution in [-0.2, 0) is 0 Å². The molecule has 0 bridgehead atoms. The van der Waals surface area contributed by atoms with Gasteiger partial charge in [0.15, 0.2) is 0 Å². The van der Waals surface area contributed by atoms with Crippen molar-refractivity contribution in [3.05, 3.63) is 13.8 Å². The Morgan fingerprint density at radius 2 is 0.962 bits per heavy atom. The Bertz CT molecular complexity index is 306. The van der Waals surface area contributed by atoms with Crippen molar-refractivity contribution in [2.24, 2.45) is 5.92 Å². The minimum Gasteiger partial charge on any atom is -0.103 e. The summed E-state index contributed by atoms with van der Waals surface area (Å²) in [5.41, 5.74) is 0. The molecule has 1 unspecified atom stereocenters. The molecule has 0 fully saturated rings. The van der Waals surface area contributed by atoms with E-state index in [2.05, 4.69) is 32.6 Å². The normalized spacial score (nSPS) is 12.0. The van der Waals surface area contributed by atoms with Gasteiger partial charge < -0.3 is 0 Å². The van der Waals surface area contributed by atoms with Crippen molar-refractivity contribution in [2.75, 3.05) is 0 Å². The van der Waals surface area contributed by atoms with Crippen LogP contribution in [-0.4, -0.2) is 0 Å². The van der Waals surface area contributed by atoms with Gasteiger partial charge in [0.1, 0.15) is 0 Å². The molecule has 0 aliphatic rings. The molecule has 26 heavy (non-hydrogen) atoms. The average molecular weight is 361 g/mol. The van der Waals surface area contributed by atoms with Crippen LogP contribution in [0.5, 0.6) is 0 Å². The van der Waals surface area contributed by atoms with Crippen LogP contribution in [0.25, 0.3) is 0 Å². The SMILES string of the molecule is [CH2]CCCCCCC#CCC(C)CCCCCCCCCCCCC[CH2]. The van der Waals surface area contributed by atoms with Gasteiger partial charge in [0.05, 0.1) is 0 Å². The molecule has 0 aromatic heterocycles. The minimum atomic E-state index is 0.784. The van der Waals surface area contributed by atoms with E-state index in [1.807, 2.05) is 0 Å². The van der Waals surface area contributed by atoms with Gasteiger partial charge in [-0.2, -0.15) is 0 Å². The summed E-state index contributed by atoms with van der Waals surface area (Å²) in [4.78, 5) is 0. The first-order chi connectivity index (χ1) is 12.8. The largest absolute Gasteiger partial charge is 0.103 e. The molecule has 1 atom stereocenters. The molecular formula is C26H48. The van der Waals surface area contributed by atoms with Crippen LogP contribution in [0.15, 0.2) is 0 Å². The maximum Gasteiger partial charge on any atom is 0.0114 e. The number of unbranched alkanes of at least 4 members (excludes halogenated alkanes) is 16. The summed E-state index contributed by atoms with van der Waals surface area (Å²) in [7, 11) is 0. The van der Waals surface area contributed by atoms with Crippen molar-refractivity contribution in [1.29, 1.82) is 0 Å². The number of rotatable bonds is 19. The van der Waals surface area contributed by atoms with Crippen LogP contribution < -0.4 is 0 Å². The zero-order chi connectivity index (χ0) is 19.1. The fourth-order valence-electron chi connectivity index (χ4n) is 3.44. The van der Waals surface area contributed by atoms with Crippen molar-refractivity contribution >= 4 is 0 Å². The number of hydrogen-bond donors (Lipinski definition) is 0. The minimum absolute atomic E-state index is 0.784. The third-order valence-electron chi connectivity index (χ3n) is 5.32. The van der Waals surface area contributed by atoms with E-state index in [0.717, 1.165) is 31.6 Å². The highest BCUT2D eigenvalue weighted by molar-refractivity contribution is 4.99. The highest BCUT2D eigenvalue weighted by Gasteiger charge is 2.00. The van der Waals surface area contributed by atoms with E-state index < -0.39 is 0 Å². The zero-order valence-electron chi connectivity index (χ0n) is 18.1. The van der Waals surface area contributed by atoms with Crippen LogP contribution in [0, 0.1) is 31.6 Å². The van der Waals surface area contributed by atoms with Gasteiger partial charge in [0.25, 0.3) is 0 Å². The van der Waals surface area contributed by atoms with Crippen molar-refractivity contribution in [1.82, 2.24) is 0 Å². The van der Waals surface area contributed by atoms with Crippen LogP contribution in [0.2, 0.25) is 0 Å². The van der Waals surface area contributed by atoms with E-state index in [1.54, 1.807) is 0 Å². The van der Waals surface area contributed by atoms with E-state index in [1.165, 1.54) is 103 Å². The first-order valence-corrected chi connectivity index (χ1v) is 11.9. The zero-order valence-corrected chi connectivity index (χ0v) is 18.1. The van der Waals surface area contributed by atoms with Gasteiger partial charge >= 0.3 is 0 Å². The molecule has 0 aliphatic heterocycles. The molecule has 0 aromatic carbocycles. The third-order valence-corrected chi connectivity index (χ3v) is 5.32. The highest BCUT2D eigenvalue weighted by Crippen LogP contribution is 2.15. The molecule has 0 aliphatic carbocycles.